The van der Waals surface area contributed by atoms with Crippen LogP contribution in [0, 0.1) is 4.77 Å². The van der Waals surface area contributed by atoms with Crippen LogP contribution in [0.2, 0.25) is 0 Å². The molecule has 0 radical (unpaired) electrons. The van der Waals surface area contributed by atoms with Crippen LogP contribution in [-0.2, 0) is 11.3 Å². The molecule has 0 atom stereocenters. The van der Waals surface area contributed by atoms with Gasteiger partial charge in [0.1, 0.15) is 5.69 Å². The predicted octanol–water partition coefficient (Wildman–Crippen LogP) is 2.02. The molecule has 0 aliphatic carbocycles. The molecule has 1 saturated heterocycles. The number of nitrogens with one attached hydrogen (secondary N) is 1. The summed E-state index contributed by atoms with van der Waals surface area (Å²) in [5.41, 5.74) is 0.749. The zero-order valence-corrected chi connectivity index (χ0v) is 12.5. The van der Waals surface area contributed by atoms with Crippen molar-refractivity contribution in [2.24, 2.45) is 0 Å². The zero-order valence-electron chi connectivity index (χ0n) is 11.7. The molecule has 0 unspecified atom stereocenters. The van der Waals surface area contributed by atoms with Gasteiger partial charge in [-0.25, -0.2) is 0 Å². The van der Waals surface area contributed by atoms with Gasteiger partial charge >= 0.3 is 0 Å². The monoisotopic (exact) mass is 303 g/mol. The van der Waals surface area contributed by atoms with Crippen LogP contribution in [0.3, 0.4) is 0 Å². The van der Waals surface area contributed by atoms with Crippen molar-refractivity contribution in [3.05, 3.63) is 29.2 Å². The van der Waals surface area contributed by atoms with Gasteiger partial charge in [-0.15, -0.1) is 0 Å². The minimum atomic E-state index is 0.183. The molecular formula is C14H17N5OS. The molecule has 1 N–H and O–H groups in total. The lowest BCUT2D eigenvalue weighted by Crippen LogP contribution is -2.28. The molecule has 110 valence electrons. The summed E-state index contributed by atoms with van der Waals surface area (Å²) in [5, 5.41) is 7.00. The second-order valence-electron chi connectivity index (χ2n) is 5.06. The molecule has 1 aliphatic heterocycles. The number of hydrogen-bond donors (Lipinski definition) is 1. The first-order valence-corrected chi connectivity index (χ1v) is 7.51. The summed E-state index contributed by atoms with van der Waals surface area (Å²) in [5.74, 6) is 0.859. The number of hydrogen-bond acceptors (Lipinski definition) is 4. The normalized spacial score (nSPS) is 14.6. The zero-order chi connectivity index (χ0) is 14.7. The van der Waals surface area contributed by atoms with Gasteiger partial charge in [-0.05, 0) is 37.2 Å². The van der Waals surface area contributed by atoms with E-state index in [0.29, 0.717) is 23.6 Å². The van der Waals surface area contributed by atoms with E-state index in [9.17, 15) is 4.79 Å². The third-order valence-electron chi connectivity index (χ3n) is 3.66. The smallest absolute Gasteiger partial charge is 0.224 e. The van der Waals surface area contributed by atoms with E-state index < -0.39 is 0 Å². The highest BCUT2D eigenvalue weighted by molar-refractivity contribution is 7.71. The van der Waals surface area contributed by atoms with Crippen LogP contribution in [0.15, 0.2) is 24.4 Å². The molecule has 7 heteroatoms. The van der Waals surface area contributed by atoms with Crippen molar-refractivity contribution in [1.82, 2.24) is 24.6 Å². The summed E-state index contributed by atoms with van der Waals surface area (Å²) in [6.07, 6.45) is 4.37. The topological polar surface area (TPSA) is 66.8 Å². The van der Waals surface area contributed by atoms with Gasteiger partial charge < -0.3 is 4.90 Å². The Kier molecular flexibility index (Phi) is 4.10. The molecular weight excluding hydrogens is 286 g/mol. The first kappa shape index (κ1) is 13.9. The number of rotatable bonds is 4. The fourth-order valence-corrected chi connectivity index (χ4v) is 2.77. The van der Waals surface area contributed by atoms with E-state index in [1.54, 1.807) is 6.20 Å². The van der Waals surface area contributed by atoms with E-state index in [1.165, 1.54) is 0 Å². The molecule has 0 aromatic carbocycles. The molecule has 0 spiro atoms. The van der Waals surface area contributed by atoms with Crippen LogP contribution in [0.4, 0.5) is 0 Å². The van der Waals surface area contributed by atoms with Crippen molar-refractivity contribution in [2.45, 2.75) is 25.8 Å². The summed E-state index contributed by atoms with van der Waals surface area (Å²) in [4.78, 5) is 18.3. The van der Waals surface area contributed by atoms with E-state index in [2.05, 4.69) is 15.2 Å². The molecule has 0 saturated carbocycles. The molecule has 1 aliphatic rings. The van der Waals surface area contributed by atoms with E-state index in [1.807, 2.05) is 27.7 Å². The van der Waals surface area contributed by atoms with Gasteiger partial charge in [-0.2, -0.15) is 5.10 Å². The lowest BCUT2D eigenvalue weighted by Gasteiger charge is -2.15. The van der Waals surface area contributed by atoms with Crippen molar-refractivity contribution in [3.63, 3.8) is 0 Å². The van der Waals surface area contributed by atoms with Crippen LogP contribution in [-0.4, -0.2) is 43.6 Å². The van der Waals surface area contributed by atoms with Crippen molar-refractivity contribution < 1.29 is 4.79 Å². The first-order valence-electron chi connectivity index (χ1n) is 7.10. The second-order valence-corrected chi connectivity index (χ2v) is 5.44. The Hall–Kier alpha value is -2.02. The van der Waals surface area contributed by atoms with Gasteiger partial charge in [-0.3, -0.25) is 19.4 Å². The maximum absolute atomic E-state index is 12.1. The standard InChI is InChI=1S/C14H17N5OS/c20-12(18-8-3-4-9-18)6-10-19-13(16-17-14(19)21)11-5-1-2-7-15-11/h1-2,5,7H,3-4,6,8-10H2,(H,17,21). The largest absolute Gasteiger partial charge is 0.343 e. The highest BCUT2D eigenvalue weighted by Gasteiger charge is 2.18. The van der Waals surface area contributed by atoms with Gasteiger partial charge in [0.25, 0.3) is 0 Å². The number of amides is 1. The minimum absolute atomic E-state index is 0.183. The third kappa shape index (κ3) is 3.02. The van der Waals surface area contributed by atoms with E-state index in [-0.39, 0.29) is 5.91 Å². The fraction of sp³-hybridized carbons (Fsp3) is 0.429. The highest BCUT2D eigenvalue weighted by atomic mass is 32.1. The van der Waals surface area contributed by atoms with Crippen LogP contribution in [0.25, 0.3) is 11.5 Å². The average molecular weight is 303 g/mol. The summed E-state index contributed by atoms with van der Waals surface area (Å²) >= 11 is 5.25. The molecule has 6 nitrogen and oxygen atoms in total. The lowest BCUT2D eigenvalue weighted by molar-refractivity contribution is -0.130. The number of carbonyl (C=O) groups excluding carboxylic acids is 1. The minimum Gasteiger partial charge on any atom is -0.343 e. The molecule has 1 amide bonds. The Morgan fingerprint density at radius 3 is 2.86 bits per heavy atom. The number of likely N-dealkylation sites (tertiary alicyclic amines) is 1. The van der Waals surface area contributed by atoms with Crippen LogP contribution >= 0.6 is 12.2 Å². The quantitative estimate of drug-likeness (QED) is 0.878. The predicted molar refractivity (Wildman–Crippen MR) is 81.1 cm³/mol. The fourth-order valence-electron chi connectivity index (χ4n) is 2.55. The van der Waals surface area contributed by atoms with Crippen LogP contribution in [0.5, 0.6) is 0 Å². The number of aromatic nitrogens is 4. The number of nitrogens with zero attached hydrogens (tertiary/aromatic N) is 4. The average Bonchev–Trinajstić information content (AvgIpc) is 3.16. The summed E-state index contributed by atoms with van der Waals surface area (Å²) < 4.78 is 2.36. The van der Waals surface area contributed by atoms with Gasteiger partial charge in [0, 0.05) is 32.3 Å². The Morgan fingerprint density at radius 2 is 2.14 bits per heavy atom. The summed E-state index contributed by atoms with van der Waals surface area (Å²) in [6.45, 7) is 2.28. The molecule has 2 aromatic rings. The molecule has 3 heterocycles. The van der Waals surface area contributed by atoms with Gasteiger partial charge in [0.05, 0.1) is 0 Å². The van der Waals surface area contributed by atoms with Crippen molar-refractivity contribution in [2.75, 3.05) is 13.1 Å². The number of H-pyrrole nitrogens is 1. The Labute approximate surface area is 127 Å². The summed E-state index contributed by atoms with van der Waals surface area (Å²) in [7, 11) is 0. The number of aromatic amines is 1. The maximum Gasteiger partial charge on any atom is 0.224 e. The Balaban J connectivity index is 1.75. The molecule has 3 rings (SSSR count). The van der Waals surface area contributed by atoms with E-state index in [0.717, 1.165) is 31.6 Å². The third-order valence-corrected chi connectivity index (χ3v) is 3.97. The lowest BCUT2D eigenvalue weighted by atomic mass is 10.3. The van der Waals surface area contributed by atoms with E-state index in [4.69, 9.17) is 12.2 Å². The van der Waals surface area contributed by atoms with Crippen LogP contribution < -0.4 is 0 Å². The van der Waals surface area contributed by atoms with Gasteiger partial charge in [0.2, 0.25) is 5.91 Å². The Morgan fingerprint density at radius 1 is 1.33 bits per heavy atom. The number of pyridine rings is 1. The van der Waals surface area contributed by atoms with Gasteiger partial charge in [0.15, 0.2) is 10.6 Å². The number of carbonyl (C=O) groups is 1. The van der Waals surface area contributed by atoms with Gasteiger partial charge in [-0.1, -0.05) is 6.07 Å². The second kappa shape index (κ2) is 6.17. The maximum atomic E-state index is 12.1. The molecule has 0 bridgehead atoms. The first-order chi connectivity index (χ1) is 10.3. The molecule has 2 aromatic heterocycles. The van der Waals surface area contributed by atoms with Crippen molar-refractivity contribution >= 4 is 18.1 Å². The van der Waals surface area contributed by atoms with Crippen molar-refractivity contribution in [1.29, 1.82) is 0 Å². The Bertz CT molecular complexity index is 672. The highest BCUT2D eigenvalue weighted by Crippen LogP contribution is 2.15. The summed E-state index contributed by atoms with van der Waals surface area (Å²) in [6, 6.07) is 5.63. The SMILES string of the molecule is O=C(CCn1c(-c2ccccn2)n[nH]c1=S)N1CCCC1. The van der Waals surface area contributed by atoms with Crippen molar-refractivity contribution in [3.8, 4) is 11.5 Å². The van der Waals surface area contributed by atoms with Crippen LogP contribution in [0.1, 0.15) is 19.3 Å². The van der Waals surface area contributed by atoms with E-state index >= 15 is 0 Å². The molecule has 21 heavy (non-hydrogen) atoms. The molecule has 1 fully saturated rings.